The van der Waals surface area contributed by atoms with Crippen molar-refractivity contribution < 1.29 is 4.42 Å². The summed E-state index contributed by atoms with van der Waals surface area (Å²) >= 11 is 0. The lowest BCUT2D eigenvalue weighted by Crippen LogP contribution is -2.14. The molecule has 1 aliphatic rings. The van der Waals surface area contributed by atoms with Crippen molar-refractivity contribution in [2.45, 2.75) is 39.3 Å². The van der Waals surface area contributed by atoms with E-state index in [9.17, 15) is 0 Å². The van der Waals surface area contributed by atoms with Gasteiger partial charge in [-0.05, 0) is 56.0 Å². The van der Waals surface area contributed by atoms with E-state index in [-0.39, 0.29) is 0 Å². The molecule has 1 N–H and O–H groups in total. The fourth-order valence-corrected chi connectivity index (χ4v) is 2.06. The highest BCUT2D eigenvalue weighted by Crippen LogP contribution is 2.25. The van der Waals surface area contributed by atoms with E-state index in [1.54, 1.807) is 0 Å². The van der Waals surface area contributed by atoms with Crippen LogP contribution in [0.4, 0.5) is 0 Å². The van der Waals surface area contributed by atoms with Crippen LogP contribution in [0.15, 0.2) is 34.7 Å². The molecule has 0 atom stereocenters. The first-order chi connectivity index (χ1) is 8.72. The molecule has 0 radical (unpaired) electrons. The van der Waals surface area contributed by atoms with E-state index in [4.69, 9.17) is 4.42 Å². The highest BCUT2D eigenvalue weighted by atomic mass is 16.3. The molecule has 0 spiro atoms. The lowest BCUT2D eigenvalue weighted by molar-refractivity contribution is 0.492. The Labute approximate surface area is 108 Å². The Kier molecular flexibility index (Phi) is 2.96. The fraction of sp³-hybridized carbons (Fsp3) is 0.375. The summed E-state index contributed by atoms with van der Waals surface area (Å²) in [5, 5.41) is 3.46. The molecule has 1 saturated carbocycles. The number of hydrogen-bond acceptors (Lipinski definition) is 2. The number of furan rings is 1. The molecule has 94 valence electrons. The summed E-state index contributed by atoms with van der Waals surface area (Å²) in [6, 6.07) is 11.3. The van der Waals surface area contributed by atoms with Crippen molar-refractivity contribution in [2.75, 3.05) is 0 Å². The van der Waals surface area contributed by atoms with Crippen LogP contribution in [-0.2, 0) is 6.54 Å². The minimum absolute atomic E-state index is 0.722. The normalized spacial score (nSPS) is 15.0. The molecule has 0 unspecified atom stereocenters. The van der Waals surface area contributed by atoms with Crippen LogP contribution in [0.5, 0.6) is 0 Å². The highest BCUT2D eigenvalue weighted by molar-refractivity contribution is 5.59. The van der Waals surface area contributed by atoms with E-state index in [0.29, 0.717) is 0 Å². The van der Waals surface area contributed by atoms with Crippen LogP contribution in [0, 0.1) is 13.8 Å². The molecule has 2 nitrogen and oxygen atoms in total. The third kappa shape index (κ3) is 2.49. The summed E-state index contributed by atoms with van der Waals surface area (Å²) in [5.74, 6) is 1.99. The van der Waals surface area contributed by atoms with Gasteiger partial charge in [0.15, 0.2) is 0 Å². The third-order valence-corrected chi connectivity index (χ3v) is 3.60. The molecular formula is C16H19NO. The Balaban J connectivity index is 1.76. The van der Waals surface area contributed by atoms with Gasteiger partial charge in [0.1, 0.15) is 11.5 Å². The second kappa shape index (κ2) is 4.62. The van der Waals surface area contributed by atoms with Crippen molar-refractivity contribution in [1.82, 2.24) is 5.32 Å². The molecule has 1 aliphatic carbocycles. The predicted molar refractivity (Wildman–Crippen MR) is 73.5 cm³/mol. The van der Waals surface area contributed by atoms with Gasteiger partial charge in [-0.3, -0.25) is 0 Å². The minimum Gasteiger partial charge on any atom is -0.460 e. The zero-order chi connectivity index (χ0) is 12.5. The van der Waals surface area contributed by atoms with Gasteiger partial charge in [-0.1, -0.05) is 12.1 Å². The SMILES string of the molecule is Cc1ccc(-c2ccc(CNC3CC3)o2)cc1C. The Bertz CT molecular complexity index is 552. The molecule has 3 rings (SSSR count). The van der Waals surface area contributed by atoms with Gasteiger partial charge >= 0.3 is 0 Å². The standard InChI is InChI=1S/C16H19NO/c1-11-3-4-13(9-12(11)2)16-8-7-15(18-16)10-17-14-5-6-14/h3-4,7-9,14,17H,5-6,10H2,1-2H3. The lowest BCUT2D eigenvalue weighted by atomic mass is 10.1. The van der Waals surface area contributed by atoms with Crippen LogP contribution in [0.1, 0.15) is 29.7 Å². The third-order valence-electron chi connectivity index (χ3n) is 3.60. The van der Waals surface area contributed by atoms with Crippen LogP contribution in [0.3, 0.4) is 0 Å². The van der Waals surface area contributed by atoms with Crippen LogP contribution >= 0.6 is 0 Å². The smallest absolute Gasteiger partial charge is 0.134 e. The number of nitrogens with one attached hydrogen (secondary N) is 1. The molecular weight excluding hydrogens is 222 g/mol. The van der Waals surface area contributed by atoms with Gasteiger partial charge in [-0.15, -0.1) is 0 Å². The maximum Gasteiger partial charge on any atom is 0.134 e. The first-order valence-electron chi connectivity index (χ1n) is 6.62. The quantitative estimate of drug-likeness (QED) is 0.880. The summed E-state index contributed by atoms with van der Waals surface area (Å²) in [4.78, 5) is 0. The van der Waals surface area contributed by atoms with Crippen molar-refractivity contribution in [2.24, 2.45) is 0 Å². The number of hydrogen-bond donors (Lipinski definition) is 1. The van der Waals surface area contributed by atoms with Crippen LogP contribution < -0.4 is 5.32 Å². The molecule has 0 aliphatic heterocycles. The second-order valence-electron chi connectivity index (χ2n) is 5.22. The van der Waals surface area contributed by atoms with Crippen molar-refractivity contribution in [1.29, 1.82) is 0 Å². The average Bonchev–Trinajstić information content (AvgIpc) is 3.08. The molecule has 1 fully saturated rings. The maximum atomic E-state index is 5.88. The summed E-state index contributed by atoms with van der Waals surface area (Å²) in [7, 11) is 0. The predicted octanol–water partition coefficient (Wildman–Crippen LogP) is 3.82. The summed E-state index contributed by atoms with van der Waals surface area (Å²) < 4.78 is 5.88. The van der Waals surface area contributed by atoms with Gasteiger partial charge < -0.3 is 9.73 Å². The highest BCUT2D eigenvalue weighted by Gasteiger charge is 2.20. The first kappa shape index (κ1) is 11.5. The molecule has 2 aromatic rings. The molecule has 18 heavy (non-hydrogen) atoms. The van der Waals surface area contributed by atoms with E-state index < -0.39 is 0 Å². The zero-order valence-electron chi connectivity index (χ0n) is 11.0. The zero-order valence-corrected chi connectivity index (χ0v) is 11.0. The van der Waals surface area contributed by atoms with Crippen molar-refractivity contribution in [3.8, 4) is 11.3 Å². The van der Waals surface area contributed by atoms with E-state index in [0.717, 1.165) is 29.7 Å². The molecule has 0 bridgehead atoms. The fourth-order valence-electron chi connectivity index (χ4n) is 2.06. The van der Waals surface area contributed by atoms with Crippen LogP contribution in [0.25, 0.3) is 11.3 Å². The van der Waals surface area contributed by atoms with Gasteiger partial charge in [0.05, 0.1) is 6.54 Å². The minimum atomic E-state index is 0.722. The van der Waals surface area contributed by atoms with E-state index >= 15 is 0 Å². The lowest BCUT2D eigenvalue weighted by Gasteiger charge is -2.03. The van der Waals surface area contributed by atoms with Crippen molar-refractivity contribution >= 4 is 0 Å². The Morgan fingerprint density at radius 2 is 1.94 bits per heavy atom. The largest absolute Gasteiger partial charge is 0.460 e. The van der Waals surface area contributed by atoms with Crippen molar-refractivity contribution in [3.63, 3.8) is 0 Å². The summed E-state index contributed by atoms with van der Waals surface area (Å²) in [6.45, 7) is 5.11. The van der Waals surface area contributed by atoms with E-state index in [1.165, 1.54) is 24.0 Å². The van der Waals surface area contributed by atoms with Crippen molar-refractivity contribution in [3.05, 3.63) is 47.2 Å². The van der Waals surface area contributed by atoms with Gasteiger partial charge in [0, 0.05) is 11.6 Å². The van der Waals surface area contributed by atoms with Gasteiger partial charge in [0.25, 0.3) is 0 Å². The molecule has 1 aromatic heterocycles. The molecule has 0 amide bonds. The topological polar surface area (TPSA) is 25.2 Å². The number of benzene rings is 1. The Morgan fingerprint density at radius 1 is 1.11 bits per heavy atom. The maximum absolute atomic E-state index is 5.88. The van der Waals surface area contributed by atoms with E-state index in [1.807, 2.05) is 0 Å². The first-order valence-corrected chi connectivity index (χ1v) is 6.62. The van der Waals surface area contributed by atoms with Crippen LogP contribution in [-0.4, -0.2) is 6.04 Å². The molecule has 2 heteroatoms. The molecule has 1 heterocycles. The summed E-state index contributed by atoms with van der Waals surface area (Å²) in [6.07, 6.45) is 2.62. The number of aryl methyl sites for hydroxylation is 2. The molecule has 0 saturated heterocycles. The number of rotatable bonds is 4. The van der Waals surface area contributed by atoms with Gasteiger partial charge in [-0.25, -0.2) is 0 Å². The van der Waals surface area contributed by atoms with Gasteiger partial charge in [0.2, 0.25) is 0 Å². The monoisotopic (exact) mass is 241 g/mol. The Hall–Kier alpha value is -1.54. The van der Waals surface area contributed by atoms with Gasteiger partial charge in [-0.2, -0.15) is 0 Å². The molecule has 1 aromatic carbocycles. The van der Waals surface area contributed by atoms with E-state index in [2.05, 4.69) is 49.5 Å². The summed E-state index contributed by atoms with van der Waals surface area (Å²) in [5.41, 5.74) is 3.79. The average molecular weight is 241 g/mol. The second-order valence-corrected chi connectivity index (χ2v) is 5.22. The Morgan fingerprint density at radius 3 is 2.67 bits per heavy atom. The van der Waals surface area contributed by atoms with Crippen LogP contribution in [0.2, 0.25) is 0 Å².